The topological polar surface area (TPSA) is 38.0 Å². The molecular weight excluding hydrogens is 227 g/mol. The van der Waals surface area contributed by atoms with Crippen LogP contribution in [-0.4, -0.2) is 0 Å². The summed E-state index contributed by atoms with van der Waals surface area (Å²) in [5.41, 5.74) is 8.48. The Balaban J connectivity index is 2.25. The van der Waals surface area contributed by atoms with Gasteiger partial charge in [-0.3, -0.25) is 0 Å². The van der Waals surface area contributed by atoms with Gasteiger partial charge in [0.25, 0.3) is 0 Å². The second-order valence-electron chi connectivity index (χ2n) is 4.64. The van der Waals surface area contributed by atoms with Crippen LogP contribution in [0.5, 0.6) is 0 Å². The van der Waals surface area contributed by atoms with Crippen LogP contribution in [0.4, 0.5) is 21.5 Å². The maximum Gasteiger partial charge on any atom is 0.148 e. The molecule has 3 N–H and O–H groups in total. The molecule has 2 aromatic carbocycles. The van der Waals surface area contributed by atoms with Gasteiger partial charge in [0.1, 0.15) is 5.82 Å². The Morgan fingerprint density at radius 1 is 1.11 bits per heavy atom. The van der Waals surface area contributed by atoms with Crippen LogP contribution in [-0.2, 0) is 0 Å². The summed E-state index contributed by atoms with van der Waals surface area (Å²) < 4.78 is 13.7. The lowest BCUT2D eigenvalue weighted by atomic mass is 10.0. The number of rotatable bonds is 3. The molecule has 0 aliphatic heterocycles. The highest BCUT2D eigenvalue weighted by atomic mass is 19.1. The average molecular weight is 244 g/mol. The van der Waals surface area contributed by atoms with Gasteiger partial charge in [-0.15, -0.1) is 0 Å². The fraction of sp³-hybridized carbons (Fsp3) is 0.200. The SMILES string of the molecule is CC(C)c1cccc(Nc2ccc(N)cc2F)c1. The molecule has 0 radical (unpaired) electrons. The fourth-order valence-electron chi connectivity index (χ4n) is 1.76. The number of nitrogen functional groups attached to an aromatic ring is 1. The largest absolute Gasteiger partial charge is 0.399 e. The smallest absolute Gasteiger partial charge is 0.148 e. The minimum Gasteiger partial charge on any atom is -0.399 e. The molecule has 94 valence electrons. The quantitative estimate of drug-likeness (QED) is 0.791. The van der Waals surface area contributed by atoms with Crippen LogP contribution in [0.3, 0.4) is 0 Å². The molecule has 0 saturated carbocycles. The van der Waals surface area contributed by atoms with Crippen molar-refractivity contribution in [2.45, 2.75) is 19.8 Å². The Hall–Kier alpha value is -2.03. The number of nitrogens with two attached hydrogens (primary N) is 1. The summed E-state index contributed by atoms with van der Waals surface area (Å²) in [4.78, 5) is 0. The highest BCUT2D eigenvalue weighted by Crippen LogP contribution is 2.24. The van der Waals surface area contributed by atoms with Gasteiger partial charge in [-0.2, -0.15) is 0 Å². The van der Waals surface area contributed by atoms with Crippen molar-refractivity contribution in [2.75, 3.05) is 11.1 Å². The van der Waals surface area contributed by atoms with E-state index in [1.807, 2.05) is 18.2 Å². The van der Waals surface area contributed by atoms with E-state index in [-0.39, 0.29) is 5.82 Å². The molecule has 0 aromatic heterocycles. The molecule has 3 heteroatoms. The molecule has 0 fully saturated rings. The van der Waals surface area contributed by atoms with E-state index in [1.165, 1.54) is 11.6 Å². The van der Waals surface area contributed by atoms with E-state index in [0.29, 0.717) is 17.3 Å². The summed E-state index contributed by atoms with van der Waals surface area (Å²) in [6.07, 6.45) is 0. The Labute approximate surface area is 107 Å². The number of hydrogen-bond acceptors (Lipinski definition) is 2. The van der Waals surface area contributed by atoms with E-state index in [1.54, 1.807) is 12.1 Å². The molecule has 0 heterocycles. The van der Waals surface area contributed by atoms with Gasteiger partial charge in [0.15, 0.2) is 0 Å². The van der Waals surface area contributed by atoms with Crippen molar-refractivity contribution < 1.29 is 4.39 Å². The van der Waals surface area contributed by atoms with Crippen molar-refractivity contribution in [1.29, 1.82) is 0 Å². The van der Waals surface area contributed by atoms with Gasteiger partial charge < -0.3 is 11.1 Å². The monoisotopic (exact) mass is 244 g/mol. The fourth-order valence-corrected chi connectivity index (χ4v) is 1.76. The zero-order valence-corrected chi connectivity index (χ0v) is 10.6. The van der Waals surface area contributed by atoms with Crippen LogP contribution >= 0.6 is 0 Å². The summed E-state index contributed by atoms with van der Waals surface area (Å²) in [5, 5.41) is 3.06. The molecule has 0 spiro atoms. The van der Waals surface area contributed by atoms with E-state index >= 15 is 0 Å². The van der Waals surface area contributed by atoms with Gasteiger partial charge >= 0.3 is 0 Å². The molecule has 0 unspecified atom stereocenters. The lowest BCUT2D eigenvalue weighted by Crippen LogP contribution is -1.96. The third-order valence-corrected chi connectivity index (χ3v) is 2.83. The molecule has 0 aliphatic carbocycles. The molecule has 0 aliphatic rings. The van der Waals surface area contributed by atoms with Gasteiger partial charge in [0.05, 0.1) is 5.69 Å². The van der Waals surface area contributed by atoms with Crippen LogP contribution in [0.15, 0.2) is 42.5 Å². The average Bonchev–Trinajstić information content (AvgIpc) is 2.33. The van der Waals surface area contributed by atoms with Crippen LogP contribution in [0.2, 0.25) is 0 Å². The predicted molar refractivity (Wildman–Crippen MR) is 74.6 cm³/mol. The molecule has 0 bridgehead atoms. The summed E-state index contributed by atoms with van der Waals surface area (Å²) in [5.74, 6) is 0.105. The minimum atomic E-state index is -0.343. The molecule has 0 atom stereocenters. The van der Waals surface area contributed by atoms with E-state index in [9.17, 15) is 4.39 Å². The Morgan fingerprint density at radius 2 is 1.89 bits per heavy atom. The van der Waals surface area contributed by atoms with Crippen LogP contribution in [0.1, 0.15) is 25.3 Å². The molecule has 18 heavy (non-hydrogen) atoms. The molecule has 0 saturated heterocycles. The molecular formula is C15H17FN2. The number of nitrogens with one attached hydrogen (secondary N) is 1. The predicted octanol–water partition coefficient (Wildman–Crippen LogP) is 4.27. The van der Waals surface area contributed by atoms with Crippen LogP contribution in [0, 0.1) is 5.82 Å². The van der Waals surface area contributed by atoms with Gasteiger partial charge in [0.2, 0.25) is 0 Å². The molecule has 2 rings (SSSR count). The van der Waals surface area contributed by atoms with Crippen molar-refractivity contribution in [2.24, 2.45) is 0 Å². The van der Waals surface area contributed by atoms with Crippen molar-refractivity contribution >= 4 is 17.1 Å². The first-order valence-corrected chi connectivity index (χ1v) is 5.98. The van der Waals surface area contributed by atoms with E-state index in [4.69, 9.17) is 5.73 Å². The number of halogens is 1. The molecule has 0 amide bonds. The highest BCUT2D eigenvalue weighted by Gasteiger charge is 2.04. The highest BCUT2D eigenvalue weighted by molar-refractivity contribution is 5.63. The van der Waals surface area contributed by atoms with Crippen molar-refractivity contribution in [3.63, 3.8) is 0 Å². The second kappa shape index (κ2) is 5.08. The first kappa shape index (κ1) is 12.4. The van der Waals surface area contributed by atoms with Gasteiger partial charge in [-0.25, -0.2) is 4.39 Å². The van der Waals surface area contributed by atoms with E-state index in [0.717, 1.165) is 5.69 Å². The van der Waals surface area contributed by atoms with Crippen LogP contribution < -0.4 is 11.1 Å². The lowest BCUT2D eigenvalue weighted by molar-refractivity contribution is 0.632. The standard InChI is InChI=1S/C15H17FN2/c1-10(2)11-4-3-5-13(8-11)18-15-7-6-12(17)9-14(15)16/h3-10,18H,17H2,1-2H3. The maximum atomic E-state index is 13.7. The normalized spacial score (nSPS) is 10.7. The summed E-state index contributed by atoms with van der Waals surface area (Å²) in [6.45, 7) is 4.26. The second-order valence-corrected chi connectivity index (χ2v) is 4.64. The lowest BCUT2D eigenvalue weighted by Gasteiger charge is -2.11. The van der Waals surface area contributed by atoms with Crippen molar-refractivity contribution in [3.8, 4) is 0 Å². The van der Waals surface area contributed by atoms with E-state index in [2.05, 4.69) is 25.2 Å². The summed E-state index contributed by atoms with van der Waals surface area (Å²) in [6, 6.07) is 12.6. The summed E-state index contributed by atoms with van der Waals surface area (Å²) in [7, 11) is 0. The first-order chi connectivity index (χ1) is 8.56. The van der Waals surface area contributed by atoms with Gasteiger partial charge in [-0.05, 0) is 41.8 Å². The Morgan fingerprint density at radius 3 is 2.56 bits per heavy atom. The van der Waals surface area contributed by atoms with Gasteiger partial charge in [0, 0.05) is 11.4 Å². The Bertz CT molecular complexity index is 550. The van der Waals surface area contributed by atoms with Crippen molar-refractivity contribution in [3.05, 3.63) is 53.8 Å². The zero-order valence-electron chi connectivity index (χ0n) is 10.6. The molecule has 2 nitrogen and oxygen atoms in total. The third kappa shape index (κ3) is 2.80. The van der Waals surface area contributed by atoms with Crippen LogP contribution in [0.25, 0.3) is 0 Å². The zero-order chi connectivity index (χ0) is 13.1. The number of anilines is 3. The number of hydrogen-bond donors (Lipinski definition) is 2. The third-order valence-electron chi connectivity index (χ3n) is 2.83. The number of benzene rings is 2. The maximum absolute atomic E-state index is 13.7. The Kier molecular flexibility index (Phi) is 3.51. The first-order valence-electron chi connectivity index (χ1n) is 5.98. The summed E-state index contributed by atoms with van der Waals surface area (Å²) >= 11 is 0. The molecule has 2 aromatic rings. The van der Waals surface area contributed by atoms with Gasteiger partial charge in [-0.1, -0.05) is 26.0 Å². The van der Waals surface area contributed by atoms with E-state index < -0.39 is 0 Å². The minimum absolute atomic E-state index is 0.343. The van der Waals surface area contributed by atoms with Crippen molar-refractivity contribution in [1.82, 2.24) is 0 Å².